The molecule has 1 saturated carbocycles. The molecule has 29 heavy (non-hydrogen) atoms. The number of halogens is 1. The maximum Gasteiger partial charge on any atom is 0.225 e. The fraction of sp³-hybridized carbons (Fsp3) is 0.905. The summed E-state index contributed by atoms with van der Waals surface area (Å²) in [6.45, 7) is 12.5. The fourth-order valence-electron chi connectivity index (χ4n) is 4.55. The van der Waals surface area contributed by atoms with Crippen molar-refractivity contribution in [3.8, 4) is 0 Å². The van der Waals surface area contributed by atoms with Gasteiger partial charge >= 0.3 is 0 Å². The van der Waals surface area contributed by atoms with E-state index in [-0.39, 0.29) is 24.0 Å². The Labute approximate surface area is 198 Å². The van der Waals surface area contributed by atoms with Crippen LogP contribution in [0.25, 0.3) is 0 Å². The average molecular weight is 538 g/mol. The fourth-order valence-corrected chi connectivity index (χ4v) is 5.85. The van der Waals surface area contributed by atoms with Gasteiger partial charge in [-0.15, -0.1) is 24.0 Å². The van der Waals surface area contributed by atoms with Crippen LogP contribution in [0.3, 0.4) is 0 Å². The number of aliphatic imine (C=N–C) groups is 1. The summed E-state index contributed by atoms with van der Waals surface area (Å²) in [5.41, 5.74) is 0. The van der Waals surface area contributed by atoms with Crippen LogP contribution in [-0.4, -0.2) is 97.0 Å². The Balaban J connectivity index is 0.00000300. The third-order valence-corrected chi connectivity index (χ3v) is 7.99. The van der Waals surface area contributed by atoms with Crippen molar-refractivity contribution >= 4 is 47.6 Å². The van der Waals surface area contributed by atoms with Crippen molar-refractivity contribution in [2.45, 2.75) is 44.8 Å². The van der Waals surface area contributed by atoms with Gasteiger partial charge in [0.05, 0.1) is 0 Å². The van der Waals surface area contributed by atoms with Crippen LogP contribution in [0.4, 0.5) is 0 Å². The number of thioether (sulfide) groups is 1. The molecule has 0 aromatic carbocycles. The predicted molar refractivity (Wildman–Crippen MR) is 134 cm³/mol. The molecule has 0 spiro atoms. The highest BCUT2D eigenvalue weighted by Gasteiger charge is 2.29. The number of carbonyl (C=O) groups excluding carboxylic acids is 1. The first-order chi connectivity index (χ1) is 13.6. The van der Waals surface area contributed by atoms with Crippen molar-refractivity contribution < 1.29 is 4.79 Å². The molecule has 3 aliphatic rings. The molecule has 1 aliphatic carbocycles. The van der Waals surface area contributed by atoms with Gasteiger partial charge in [0.1, 0.15) is 0 Å². The van der Waals surface area contributed by atoms with Crippen LogP contribution < -0.4 is 5.32 Å². The zero-order valence-corrected chi connectivity index (χ0v) is 21.6. The van der Waals surface area contributed by atoms with E-state index in [0.717, 1.165) is 71.2 Å². The molecule has 0 radical (unpaired) electrons. The molecule has 2 saturated heterocycles. The molecule has 0 aromatic heterocycles. The van der Waals surface area contributed by atoms with E-state index in [2.05, 4.69) is 50.6 Å². The second kappa shape index (κ2) is 12.6. The summed E-state index contributed by atoms with van der Waals surface area (Å²) in [5, 5.41) is 4.26. The second-order valence-corrected chi connectivity index (χ2v) is 10.1. The van der Waals surface area contributed by atoms with Crippen LogP contribution in [0.5, 0.6) is 0 Å². The molecular weight excluding hydrogens is 497 g/mol. The molecule has 168 valence electrons. The van der Waals surface area contributed by atoms with Gasteiger partial charge in [0.2, 0.25) is 5.91 Å². The summed E-state index contributed by atoms with van der Waals surface area (Å²) in [7, 11) is 1.89. The van der Waals surface area contributed by atoms with Gasteiger partial charge in [0, 0.05) is 76.3 Å². The molecule has 8 heteroatoms. The maximum atomic E-state index is 12.6. The molecule has 1 amide bonds. The summed E-state index contributed by atoms with van der Waals surface area (Å²) in [4.78, 5) is 24.1. The first kappa shape index (κ1) is 25.0. The van der Waals surface area contributed by atoms with E-state index in [4.69, 9.17) is 0 Å². The Morgan fingerprint density at radius 1 is 1.10 bits per heavy atom. The maximum absolute atomic E-state index is 12.6. The van der Waals surface area contributed by atoms with Gasteiger partial charge in [-0.1, -0.05) is 26.7 Å². The van der Waals surface area contributed by atoms with E-state index in [0.29, 0.717) is 23.0 Å². The lowest BCUT2D eigenvalue weighted by Crippen LogP contribution is -2.53. The van der Waals surface area contributed by atoms with Crippen molar-refractivity contribution in [3.63, 3.8) is 0 Å². The lowest BCUT2D eigenvalue weighted by atomic mass is 10.1. The summed E-state index contributed by atoms with van der Waals surface area (Å²) in [5.74, 6) is 3.66. The zero-order valence-electron chi connectivity index (χ0n) is 18.4. The monoisotopic (exact) mass is 537 g/mol. The summed E-state index contributed by atoms with van der Waals surface area (Å²) >= 11 is 2.10. The quantitative estimate of drug-likeness (QED) is 0.332. The van der Waals surface area contributed by atoms with Crippen molar-refractivity contribution in [2.75, 3.05) is 65.2 Å². The molecule has 1 atom stereocenters. The molecule has 3 fully saturated rings. The number of guanidine groups is 1. The van der Waals surface area contributed by atoms with E-state index in [1.165, 1.54) is 18.6 Å². The third-order valence-electron chi connectivity index (χ3n) is 6.45. The summed E-state index contributed by atoms with van der Waals surface area (Å²) < 4.78 is 0. The van der Waals surface area contributed by atoms with Crippen LogP contribution in [0.1, 0.15) is 39.5 Å². The van der Waals surface area contributed by atoms with Gasteiger partial charge in [0.25, 0.3) is 0 Å². The molecule has 6 nitrogen and oxygen atoms in total. The number of amides is 1. The Kier molecular flexibility index (Phi) is 10.9. The number of carbonyl (C=O) groups is 1. The van der Waals surface area contributed by atoms with Gasteiger partial charge in [-0.05, 0) is 18.8 Å². The van der Waals surface area contributed by atoms with Crippen LogP contribution in [0, 0.1) is 11.8 Å². The van der Waals surface area contributed by atoms with E-state index in [1.807, 2.05) is 7.05 Å². The van der Waals surface area contributed by atoms with Crippen molar-refractivity contribution in [1.29, 1.82) is 0 Å². The Morgan fingerprint density at radius 2 is 1.79 bits per heavy atom. The third kappa shape index (κ3) is 7.16. The Bertz CT molecular complexity index is 533. The molecule has 0 bridgehead atoms. The normalized spacial score (nSPS) is 24.7. The number of nitrogens with zero attached hydrogens (tertiary/aromatic N) is 4. The van der Waals surface area contributed by atoms with Gasteiger partial charge in [-0.2, -0.15) is 11.8 Å². The lowest BCUT2D eigenvalue weighted by molar-refractivity contribution is -0.137. The predicted octanol–water partition coefficient (Wildman–Crippen LogP) is 2.59. The highest BCUT2D eigenvalue weighted by Crippen LogP contribution is 2.27. The largest absolute Gasteiger partial charge is 0.355 e. The van der Waals surface area contributed by atoms with Crippen LogP contribution in [0.2, 0.25) is 0 Å². The number of rotatable bonds is 5. The number of hydrogen-bond donors (Lipinski definition) is 1. The van der Waals surface area contributed by atoms with Crippen LogP contribution in [-0.2, 0) is 4.79 Å². The van der Waals surface area contributed by atoms with Gasteiger partial charge in [0.15, 0.2) is 5.96 Å². The zero-order chi connectivity index (χ0) is 19.9. The van der Waals surface area contributed by atoms with Crippen LogP contribution >= 0.6 is 35.7 Å². The minimum atomic E-state index is 0. The van der Waals surface area contributed by atoms with Crippen LogP contribution in [0.15, 0.2) is 4.99 Å². The minimum absolute atomic E-state index is 0. The summed E-state index contributed by atoms with van der Waals surface area (Å²) in [6, 6.07) is 0. The molecule has 2 aliphatic heterocycles. The standard InChI is InChI=1S/C21H39N5OS.HI/c1-17(2)19-16-26(14-15-28-19)21(22-3)23-8-9-24-10-12-25(13-11-24)20(27)18-6-4-5-7-18;/h17-19H,4-16H2,1-3H3,(H,22,23);1H. The van der Waals surface area contributed by atoms with Crippen molar-refractivity contribution in [1.82, 2.24) is 20.0 Å². The van der Waals surface area contributed by atoms with Gasteiger partial charge < -0.3 is 15.1 Å². The first-order valence-corrected chi connectivity index (χ1v) is 12.2. The molecule has 1 N–H and O–H groups in total. The molecule has 1 unspecified atom stereocenters. The van der Waals surface area contributed by atoms with Crippen molar-refractivity contribution in [2.24, 2.45) is 16.8 Å². The Morgan fingerprint density at radius 3 is 2.41 bits per heavy atom. The SMILES string of the molecule is CN=C(NCCN1CCN(C(=O)C2CCCC2)CC1)N1CCSC(C(C)C)C1.I. The smallest absolute Gasteiger partial charge is 0.225 e. The van der Waals surface area contributed by atoms with Gasteiger partial charge in [-0.25, -0.2) is 0 Å². The van der Waals surface area contributed by atoms with E-state index in [9.17, 15) is 4.79 Å². The van der Waals surface area contributed by atoms with E-state index in [1.54, 1.807) is 0 Å². The molecular formula is C21H40IN5OS. The topological polar surface area (TPSA) is 51.2 Å². The molecule has 2 heterocycles. The average Bonchev–Trinajstić information content (AvgIpc) is 3.26. The van der Waals surface area contributed by atoms with E-state index < -0.39 is 0 Å². The number of nitrogens with one attached hydrogen (secondary N) is 1. The number of hydrogen-bond acceptors (Lipinski definition) is 4. The minimum Gasteiger partial charge on any atom is -0.355 e. The summed E-state index contributed by atoms with van der Waals surface area (Å²) in [6.07, 6.45) is 4.68. The van der Waals surface area contributed by atoms with Gasteiger partial charge in [-0.3, -0.25) is 14.7 Å². The lowest BCUT2D eigenvalue weighted by Gasteiger charge is -2.37. The highest BCUT2D eigenvalue weighted by atomic mass is 127. The van der Waals surface area contributed by atoms with E-state index >= 15 is 0 Å². The second-order valence-electron chi connectivity index (χ2n) is 8.72. The Hall–Kier alpha value is -0.220. The molecule has 0 aromatic rings. The van der Waals surface area contributed by atoms with Crippen molar-refractivity contribution in [3.05, 3.63) is 0 Å². The number of piperazine rings is 1. The molecule has 3 rings (SSSR count). The highest BCUT2D eigenvalue weighted by molar-refractivity contribution is 14.0. The first-order valence-electron chi connectivity index (χ1n) is 11.2.